The maximum Gasteiger partial charge on any atom is 0.262 e. The van der Waals surface area contributed by atoms with Gasteiger partial charge in [0.1, 0.15) is 18.5 Å². The summed E-state index contributed by atoms with van der Waals surface area (Å²) >= 11 is 0. The lowest BCUT2D eigenvalue weighted by atomic mass is 10.1. The molecule has 20 heavy (non-hydrogen) atoms. The van der Waals surface area contributed by atoms with Crippen LogP contribution in [0.15, 0.2) is 18.2 Å². The second-order valence-electron chi connectivity index (χ2n) is 5.22. The largest absolute Gasteiger partial charge is 0.490 e. The molecule has 1 N–H and O–H groups in total. The quantitative estimate of drug-likeness (QED) is 0.837. The van der Waals surface area contributed by atoms with Gasteiger partial charge in [-0.25, -0.2) is 0 Å². The number of carbonyl (C=O) groups is 2. The molecule has 2 aliphatic rings. The van der Waals surface area contributed by atoms with Gasteiger partial charge in [-0.15, -0.1) is 0 Å². The van der Waals surface area contributed by atoms with Crippen LogP contribution in [0.2, 0.25) is 0 Å². The standard InChI is InChI=1S/C14H15NO5/c1-14(2)19-7-8(20-14)6-18-10-5-3-4-9-11(10)13(17)15-12(9)16/h3-5,8H,6-7H2,1-2H3,(H,15,16,17). The van der Waals surface area contributed by atoms with Crippen molar-refractivity contribution in [1.82, 2.24) is 5.32 Å². The SMILES string of the molecule is CC1(C)OCC(COc2cccc3c2C(=O)NC3=O)O1. The summed E-state index contributed by atoms with van der Waals surface area (Å²) in [6.07, 6.45) is -0.193. The molecule has 1 atom stereocenters. The number of benzene rings is 1. The Labute approximate surface area is 116 Å². The van der Waals surface area contributed by atoms with Gasteiger partial charge in [-0.2, -0.15) is 0 Å². The number of imide groups is 1. The summed E-state index contributed by atoms with van der Waals surface area (Å²) in [5.74, 6) is -1.04. The molecule has 1 aromatic carbocycles. The predicted molar refractivity (Wildman–Crippen MR) is 68.6 cm³/mol. The van der Waals surface area contributed by atoms with Crippen LogP contribution in [0, 0.1) is 0 Å². The molecule has 6 nitrogen and oxygen atoms in total. The van der Waals surface area contributed by atoms with E-state index in [1.54, 1.807) is 18.2 Å². The van der Waals surface area contributed by atoms with Crippen LogP contribution in [-0.4, -0.2) is 36.9 Å². The summed E-state index contributed by atoms with van der Waals surface area (Å²) in [5, 5.41) is 2.25. The molecule has 2 heterocycles. The third-order valence-electron chi connectivity index (χ3n) is 3.22. The van der Waals surface area contributed by atoms with Crippen LogP contribution in [0.1, 0.15) is 34.6 Å². The van der Waals surface area contributed by atoms with Gasteiger partial charge in [0.2, 0.25) is 0 Å². The van der Waals surface area contributed by atoms with E-state index in [2.05, 4.69) is 5.32 Å². The molecular weight excluding hydrogens is 262 g/mol. The van der Waals surface area contributed by atoms with Crippen LogP contribution in [0.5, 0.6) is 5.75 Å². The number of fused-ring (bicyclic) bond motifs is 1. The third kappa shape index (κ3) is 2.28. The lowest BCUT2D eigenvalue weighted by Gasteiger charge is -2.17. The van der Waals surface area contributed by atoms with E-state index in [0.29, 0.717) is 17.9 Å². The molecule has 6 heteroatoms. The van der Waals surface area contributed by atoms with Crippen LogP contribution in [0.3, 0.4) is 0 Å². The highest BCUT2D eigenvalue weighted by Gasteiger charge is 2.34. The Morgan fingerprint density at radius 3 is 2.85 bits per heavy atom. The average Bonchev–Trinajstić information content (AvgIpc) is 2.88. The minimum Gasteiger partial charge on any atom is -0.490 e. The maximum atomic E-state index is 11.7. The zero-order valence-electron chi connectivity index (χ0n) is 11.3. The number of rotatable bonds is 3. The Morgan fingerprint density at radius 1 is 1.35 bits per heavy atom. The first-order valence-corrected chi connectivity index (χ1v) is 6.39. The van der Waals surface area contributed by atoms with E-state index < -0.39 is 17.6 Å². The molecule has 3 rings (SSSR count). The second kappa shape index (κ2) is 4.57. The van der Waals surface area contributed by atoms with Gasteiger partial charge >= 0.3 is 0 Å². The fraction of sp³-hybridized carbons (Fsp3) is 0.429. The Kier molecular flexibility index (Phi) is 2.99. The number of carbonyl (C=O) groups excluding carboxylic acids is 2. The summed E-state index contributed by atoms with van der Waals surface area (Å²) < 4.78 is 16.7. The smallest absolute Gasteiger partial charge is 0.262 e. The monoisotopic (exact) mass is 277 g/mol. The van der Waals surface area contributed by atoms with E-state index in [1.165, 1.54) is 0 Å². The van der Waals surface area contributed by atoms with Crippen molar-refractivity contribution in [2.45, 2.75) is 25.7 Å². The molecule has 0 aliphatic carbocycles. The zero-order chi connectivity index (χ0) is 14.3. The first-order valence-electron chi connectivity index (χ1n) is 6.39. The highest BCUT2D eigenvalue weighted by molar-refractivity contribution is 6.22. The number of hydrogen-bond donors (Lipinski definition) is 1. The second-order valence-corrected chi connectivity index (χ2v) is 5.22. The summed E-state index contributed by atoms with van der Waals surface area (Å²) in [7, 11) is 0. The number of amides is 2. The van der Waals surface area contributed by atoms with Crippen molar-refractivity contribution in [1.29, 1.82) is 0 Å². The Hall–Kier alpha value is -1.92. The minimum atomic E-state index is -0.611. The molecule has 0 aromatic heterocycles. The molecule has 0 bridgehead atoms. The van der Waals surface area contributed by atoms with Crippen molar-refractivity contribution < 1.29 is 23.8 Å². The van der Waals surface area contributed by atoms with E-state index in [9.17, 15) is 9.59 Å². The van der Waals surface area contributed by atoms with Crippen molar-refractivity contribution in [2.75, 3.05) is 13.2 Å². The van der Waals surface area contributed by atoms with E-state index in [0.717, 1.165) is 0 Å². The molecule has 0 saturated carbocycles. The highest BCUT2D eigenvalue weighted by Crippen LogP contribution is 2.28. The fourth-order valence-electron chi connectivity index (χ4n) is 2.34. The predicted octanol–water partition coefficient (Wildman–Crippen LogP) is 1.10. The van der Waals surface area contributed by atoms with Crippen LogP contribution in [-0.2, 0) is 9.47 Å². The van der Waals surface area contributed by atoms with Gasteiger partial charge in [-0.3, -0.25) is 14.9 Å². The number of hydrogen-bond acceptors (Lipinski definition) is 5. The first-order chi connectivity index (χ1) is 9.46. The highest BCUT2D eigenvalue weighted by atomic mass is 16.7. The van der Waals surface area contributed by atoms with Gasteiger partial charge in [0.05, 0.1) is 17.7 Å². The lowest BCUT2D eigenvalue weighted by Crippen LogP contribution is -2.25. The fourth-order valence-corrected chi connectivity index (χ4v) is 2.34. The van der Waals surface area contributed by atoms with Crippen LogP contribution >= 0.6 is 0 Å². The van der Waals surface area contributed by atoms with Crippen molar-refractivity contribution >= 4 is 11.8 Å². The van der Waals surface area contributed by atoms with Crippen LogP contribution in [0.25, 0.3) is 0 Å². The Balaban J connectivity index is 1.74. The molecule has 0 radical (unpaired) electrons. The van der Waals surface area contributed by atoms with Crippen molar-refractivity contribution in [3.8, 4) is 5.75 Å². The van der Waals surface area contributed by atoms with Gasteiger partial charge in [0.15, 0.2) is 5.79 Å². The van der Waals surface area contributed by atoms with Gasteiger partial charge in [0, 0.05) is 0 Å². The van der Waals surface area contributed by atoms with E-state index >= 15 is 0 Å². The molecule has 0 spiro atoms. The number of ether oxygens (including phenoxy) is 3. The lowest BCUT2D eigenvalue weighted by molar-refractivity contribution is -0.141. The molecule has 106 valence electrons. The van der Waals surface area contributed by atoms with Crippen LogP contribution < -0.4 is 10.1 Å². The maximum absolute atomic E-state index is 11.7. The van der Waals surface area contributed by atoms with Gasteiger partial charge in [0.25, 0.3) is 11.8 Å². The van der Waals surface area contributed by atoms with Gasteiger partial charge < -0.3 is 14.2 Å². The molecule has 2 aliphatic heterocycles. The summed E-state index contributed by atoms with van der Waals surface area (Å²) in [4.78, 5) is 23.3. The normalized spacial score (nSPS) is 23.6. The van der Waals surface area contributed by atoms with Crippen LogP contribution in [0.4, 0.5) is 0 Å². The van der Waals surface area contributed by atoms with E-state index in [-0.39, 0.29) is 18.3 Å². The van der Waals surface area contributed by atoms with Gasteiger partial charge in [-0.1, -0.05) is 6.07 Å². The molecule has 2 amide bonds. The Bertz CT molecular complexity index is 581. The summed E-state index contributed by atoms with van der Waals surface area (Å²) in [5.41, 5.74) is 0.632. The van der Waals surface area contributed by atoms with Gasteiger partial charge in [-0.05, 0) is 26.0 Å². The molecule has 1 unspecified atom stereocenters. The van der Waals surface area contributed by atoms with E-state index in [1.807, 2.05) is 13.8 Å². The van der Waals surface area contributed by atoms with E-state index in [4.69, 9.17) is 14.2 Å². The summed E-state index contributed by atoms with van der Waals surface area (Å²) in [6, 6.07) is 4.95. The molecule has 1 fully saturated rings. The Morgan fingerprint density at radius 2 is 2.15 bits per heavy atom. The van der Waals surface area contributed by atoms with Crippen molar-refractivity contribution in [3.05, 3.63) is 29.3 Å². The van der Waals surface area contributed by atoms with Crippen molar-refractivity contribution in [2.24, 2.45) is 0 Å². The third-order valence-corrected chi connectivity index (χ3v) is 3.22. The van der Waals surface area contributed by atoms with Crippen molar-refractivity contribution in [3.63, 3.8) is 0 Å². The topological polar surface area (TPSA) is 73.9 Å². The minimum absolute atomic E-state index is 0.193. The zero-order valence-corrected chi connectivity index (χ0v) is 11.3. The molecule has 1 aromatic rings. The average molecular weight is 277 g/mol. The molecular formula is C14H15NO5. The number of nitrogens with one attached hydrogen (secondary N) is 1. The first kappa shape index (κ1) is 13.1. The molecule has 1 saturated heterocycles. The summed E-state index contributed by atoms with van der Waals surface area (Å²) in [6.45, 7) is 4.37.